The topological polar surface area (TPSA) is 38.3 Å². The Morgan fingerprint density at radius 1 is 1.29 bits per heavy atom. The molecule has 1 aromatic rings. The molecule has 0 bridgehead atoms. The van der Waals surface area contributed by atoms with Crippen LogP contribution in [0.1, 0.15) is 35.7 Å². The van der Waals surface area contributed by atoms with Crippen LogP contribution in [-0.4, -0.2) is 25.7 Å². The predicted molar refractivity (Wildman–Crippen MR) is 69.2 cm³/mol. The van der Waals surface area contributed by atoms with Gasteiger partial charge in [-0.2, -0.15) is 0 Å². The summed E-state index contributed by atoms with van der Waals surface area (Å²) in [5.74, 6) is -0.236. The first-order valence-corrected chi connectivity index (χ1v) is 6.19. The van der Waals surface area contributed by atoms with Gasteiger partial charge in [-0.25, -0.2) is 4.79 Å². The molecule has 0 aliphatic carbocycles. The third kappa shape index (κ3) is 5.00. The standard InChI is InChI=1S/C14H21NO2/c1-3-4-9-15-10-11-17-14(16)13-8-6-5-7-12(13)2/h5-8,15H,3-4,9-11H2,1-2H3. The molecule has 0 amide bonds. The molecule has 94 valence electrons. The van der Waals surface area contributed by atoms with Gasteiger partial charge in [-0.15, -0.1) is 0 Å². The van der Waals surface area contributed by atoms with Crippen molar-refractivity contribution in [2.45, 2.75) is 26.7 Å². The van der Waals surface area contributed by atoms with Crippen LogP contribution >= 0.6 is 0 Å². The lowest BCUT2D eigenvalue weighted by Crippen LogP contribution is -2.22. The minimum absolute atomic E-state index is 0.236. The Hall–Kier alpha value is -1.35. The Morgan fingerprint density at radius 3 is 2.76 bits per heavy atom. The Kier molecular flexibility index (Phi) is 6.33. The minimum atomic E-state index is -0.236. The van der Waals surface area contributed by atoms with Crippen molar-refractivity contribution in [2.75, 3.05) is 19.7 Å². The summed E-state index contributed by atoms with van der Waals surface area (Å²) >= 11 is 0. The van der Waals surface area contributed by atoms with E-state index in [0.29, 0.717) is 12.2 Å². The molecule has 0 aliphatic heterocycles. The van der Waals surface area contributed by atoms with Crippen LogP contribution < -0.4 is 5.32 Å². The largest absolute Gasteiger partial charge is 0.461 e. The van der Waals surface area contributed by atoms with Crippen molar-refractivity contribution in [3.05, 3.63) is 35.4 Å². The van der Waals surface area contributed by atoms with Gasteiger partial charge >= 0.3 is 5.97 Å². The summed E-state index contributed by atoms with van der Waals surface area (Å²) in [6.07, 6.45) is 2.34. The Balaban J connectivity index is 2.24. The van der Waals surface area contributed by atoms with Crippen molar-refractivity contribution in [1.29, 1.82) is 0 Å². The van der Waals surface area contributed by atoms with Gasteiger partial charge in [0.25, 0.3) is 0 Å². The highest BCUT2D eigenvalue weighted by Gasteiger charge is 2.08. The number of carbonyl (C=O) groups excluding carboxylic acids is 1. The van der Waals surface area contributed by atoms with Crippen molar-refractivity contribution in [1.82, 2.24) is 5.32 Å². The molecule has 0 saturated heterocycles. The second kappa shape index (κ2) is 7.85. The molecule has 1 aromatic carbocycles. The summed E-state index contributed by atoms with van der Waals surface area (Å²) in [5.41, 5.74) is 1.61. The van der Waals surface area contributed by atoms with Crippen LogP contribution in [0.3, 0.4) is 0 Å². The number of benzene rings is 1. The van der Waals surface area contributed by atoms with Crippen LogP contribution in [0, 0.1) is 6.92 Å². The first kappa shape index (κ1) is 13.7. The highest BCUT2D eigenvalue weighted by atomic mass is 16.5. The lowest BCUT2D eigenvalue weighted by atomic mass is 10.1. The van der Waals surface area contributed by atoms with Crippen LogP contribution in [-0.2, 0) is 4.74 Å². The molecular formula is C14H21NO2. The zero-order chi connectivity index (χ0) is 12.5. The van der Waals surface area contributed by atoms with E-state index in [4.69, 9.17) is 4.74 Å². The van der Waals surface area contributed by atoms with E-state index >= 15 is 0 Å². The van der Waals surface area contributed by atoms with E-state index in [1.165, 1.54) is 6.42 Å². The third-order valence-corrected chi connectivity index (χ3v) is 2.58. The molecule has 3 nitrogen and oxygen atoms in total. The van der Waals surface area contributed by atoms with Crippen LogP contribution in [0.25, 0.3) is 0 Å². The monoisotopic (exact) mass is 235 g/mol. The predicted octanol–water partition coefficient (Wildman–Crippen LogP) is 2.54. The number of hydrogen-bond donors (Lipinski definition) is 1. The van der Waals surface area contributed by atoms with Crippen molar-refractivity contribution in [3.8, 4) is 0 Å². The summed E-state index contributed by atoms with van der Waals surface area (Å²) in [6, 6.07) is 7.47. The summed E-state index contributed by atoms with van der Waals surface area (Å²) in [4.78, 5) is 11.7. The van der Waals surface area contributed by atoms with Gasteiger partial charge in [0, 0.05) is 6.54 Å². The Bertz CT molecular complexity index is 350. The maximum atomic E-state index is 11.7. The number of rotatable bonds is 7. The van der Waals surface area contributed by atoms with Gasteiger partial charge in [-0.05, 0) is 31.5 Å². The van der Waals surface area contributed by atoms with Gasteiger partial charge in [-0.3, -0.25) is 0 Å². The maximum Gasteiger partial charge on any atom is 0.338 e. The Labute approximate surface area is 103 Å². The van der Waals surface area contributed by atoms with Crippen molar-refractivity contribution in [3.63, 3.8) is 0 Å². The number of ether oxygens (including phenoxy) is 1. The van der Waals surface area contributed by atoms with Gasteiger partial charge in [0.05, 0.1) is 5.56 Å². The first-order chi connectivity index (χ1) is 8.25. The van der Waals surface area contributed by atoms with E-state index in [1.54, 1.807) is 6.07 Å². The van der Waals surface area contributed by atoms with E-state index in [2.05, 4.69) is 12.2 Å². The van der Waals surface area contributed by atoms with E-state index in [1.807, 2.05) is 25.1 Å². The lowest BCUT2D eigenvalue weighted by Gasteiger charge is -2.07. The molecule has 17 heavy (non-hydrogen) atoms. The summed E-state index contributed by atoms with van der Waals surface area (Å²) in [5, 5.41) is 3.23. The molecule has 1 rings (SSSR count). The van der Waals surface area contributed by atoms with E-state index < -0.39 is 0 Å². The Morgan fingerprint density at radius 2 is 2.06 bits per heavy atom. The number of aryl methyl sites for hydroxylation is 1. The molecule has 0 aromatic heterocycles. The van der Waals surface area contributed by atoms with E-state index in [-0.39, 0.29) is 5.97 Å². The van der Waals surface area contributed by atoms with Gasteiger partial charge in [-0.1, -0.05) is 31.5 Å². The van der Waals surface area contributed by atoms with Gasteiger partial charge in [0.15, 0.2) is 0 Å². The number of carbonyl (C=O) groups is 1. The van der Waals surface area contributed by atoms with Crippen molar-refractivity contribution in [2.24, 2.45) is 0 Å². The second-order valence-electron chi connectivity index (χ2n) is 4.05. The summed E-state index contributed by atoms with van der Waals surface area (Å²) in [6.45, 7) is 6.20. The number of hydrogen-bond acceptors (Lipinski definition) is 3. The van der Waals surface area contributed by atoms with Crippen molar-refractivity contribution >= 4 is 5.97 Å². The minimum Gasteiger partial charge on any atom is -0.461 e. The number of unbranched alkanes of at least 4 members (excludes halogenated alkanes) is 1. The zero-order valence-electron chi connectivity index (χ0n) is 10.7. The summed E-state index contributed by atoms with van der Waals surface area (Å²) in [7, 11) is 0. The highest BCUT2D eigenvalue weighted by molar-refractivity contribution is 5.90. The normalized spacial score (nSPS) is 10.2. The van der Waals surface area contributed by atoms with Crippen LogP contribution in [0.4, 0.5) is 0 Å². The molecule has 0 fully saturated rings. The second-order valence-corrected chi connectivity index (χ2v) is 4.05. The number of esters is 1. The fraction of sp³-hybridized carbons (Fsp3) is 0.500. The molecule has 0 radical (unpaired) electrons. The van der Waals surface area contributed by atoms with E-state index in [0.717, 1.165) is 25.1 Å². The SMILES string of the molecule is CCCCNCCOC(=O)c1ccccc1C. The summed E-state index contributed by atoms with van der Waals surface area (Å²) < 4.78 is 5.19. The van der Waals surface area contributed by atoms with Gasteiger partial charge in [0.2, 0.25) is 0 Å². The number of nitrogens with one attached hydrogen (secondary N) is 1. The molecule has 0 heterocycles. The van der Waals surface area contributed by atoms with Gasteiger partial charge < -0.3 is 10.1 Å². The first-order valence-electron chi connectivity index (χ1n) is 6.19. The van der Waals surface area contributed by atoms with Crippen LogP contribution in [0.15, 0.2) is 24.3 Å². The van der Waals surface area contributed by atoms with Crippen LogP contribution in [0.2, 0.25) is 0 Å². The molecule has 0 saturated carbocycles. The maximum absolute atomic E-state index is 11.7. The van der Waals surface area contributed by atoms with E-state index in [9.17, 15) is 4.79 Å². The van der Waals surface area contributed by atoms with Crippen LogP contribution in [0.5, 0.6) is 0 Å². The smallest absolute Gasteiger partial charge is 0.338 e. The molecule has 0 unspecified atom stereocenters. The zero-order valence-corrected chi connectivity index (χ0v) is 10.7. The molecule has 3 heteroatoms. The third-order valence-electron chi connectivity index (χ3n) is 2.58. The fourth-order valence-corrected chi connectivity index (χ4v) is 1.52. The quantitative estimate of drug-likeness (QED) is 0.583. The van der Waals surface area contributed by atoms with Crippen molar-refractivity contribution < 1.29 is 9.53 Å². The molecular weight excluding hydrogens is 214 g/mol. The average Bonchev–Trinajstić information content (AvgIpc) is 2.34. The van der Waals surface area contributed by atoms with Gasteiger partial charge in [0.1, 0.15) is 6.61 Å². The molecule has 0 spiro atoms. The molecule has 0 aliphatic rings. The molecule has 1 N–H and O–H groups in total. The average molecular weight is 235 g/mol. The molecule has 0 atom stereocenters. The lowest BCUT2D eigenvalue weighted by molar-refractivity contribution is 0.0508. The highest BCUT2D eigenvalue weighted by Crippen LogP contribution is 2.08. The fourth-order valence-electron chi connectivity index (χ4n) is 1.52.